The molecular weight excluding hydrogens is 376 g/mol. The quantitative estimate of drug-likeness (QED) is 0.677. The number of methoxy groups -OCH3 is 1. The van der Waals surface area contributed by atoms with E-state index in [1.807, 2.05) is 50.2 Å². The second-order valence-electron chi connectivity index (χ2n) is 8.14. The van der Waals surface area contributed by atoms with E-state index in [-0.39, 0.29) is 18.1 Å². The zero-order chi connectivity index (χ0) is 21.3. The third kappa shape index (κ3) is 6.23. The van der Waals surface area contributed by atoms with Crippen LogP contribution in [0.1, 0.15) is 61.5 Å². The van der Waals surface area contributed by atoms with Crippen molar-refractivity contribution >= 4 is 5.91 Å². The molecule has 2 aromatic carbocycles. The van der Waals surface area contributed by atoms with Gasteiger partial charge in [0.25, 0.3) is 5.91 Å². The maximum atomic E-state index is 12.8. The topological polar surface area (TPSA) is 50.8 Å². The van der Waals surface area contributed by atoms with Gasteiger partial charge in [0.05, 0.1) is 19.3 Å². The van der Waals surface area contributed by atoms with E-state index in [1.165, 1.54) is 31.2 Å². The fraction of sp³-hybridized carbons (Fsp3) is 0.480. The van der Waals surface area contributed by atoms with Crippen molar-refractivity contribution in [1.82, 2.24) is 10.2 Å². The summed E-state index contributed by atoms with van der Waals surface area (Å²) in [6.45, 7) is 6.68. The molecule has 1 N–H and O–H groups in total. The van der Waals surface area contributed by atoms with Crippen LogP contribution >= 0.6 is 0 Å². The van der Waals surface area contributed by atoms with Gasteiger partial charge in [-0.05, 0) is 81.7 Å². The Kier molecular flexibility index (Phi) is 8.14. The van der Waals surface area contributed by atoms with Gasteiger partial charge in [0.1, 0.15) is 11.5 Å². The van der Waals surface area contributed by atoms with Gasteiger partial charge in [0.2, 0.25) is 0 Å². The first-order valence-electron chi connectivity index (χ1n) is 11.0. The molecular formula is C25H34N2O3. The fourth-order valence-electron chi connectivity index (χ4n) is 3.94. The molecule has 1 amide bonds. The van der Waals surface area contributed by atoms with Crippen molar-refractivity contribution < 1.29 is 14.3 Å². The van der Waals surface area contributed by atoms with Crippen molar-refractivity contribution in [2.24, 2.45) is 0 Å². The summed E-state index contributed by atoms with van der Waals surface area (Å²) in [5.74, 6) is 1.57. The van der Waals surface area contributed by atoms with E-state index >= 15 is 0 Å². The second kappa shape index (κ2) is 11.0. The minimum atomic E-state index is -0.0561. The van der Waals surface area contributed by atoms with Gasteiger partial charge in [0, 0.05) is 12.1 Å². The molecule has 0 saturated carbocycles. The first kappa shape index (κ1) is 22.2. The molecule has 5 heteroatoms. The van der Waals surface area contributed by atoms with Crippen molar-refractivity contribution in [2.45, 2.75) is 51.7 Å². The minimum absolute atomic E-state index is 0.0561. The molecule has 1 saturated heterocycles. The van der Waals surface area contributed by atoms with Crippen LogP contribution in [0.15, 0.2) is 48.5 Å². The van der Waals surface area contributed by atoms with Gasteiger partial charge >= 0.3 is 0 Å². The summed E-state index contributed by atoms with van der Waals surface area (Å²) in [4.78, 5) is 15.3. The van der Waals surface area contributed by atoms with E-state index in [0.29, 0.717) is 12.1 Å². The minimum Gasteiger partial charge on any atom is -0.497 e. The van der Waals surface area contributed by atoms with Crippen molar-refractivity contribution in [3.8, 4) is 11.5 Å². The third-order valence-corrected chi connectivity index (χ3v) is 5.53. The van der Waals surface area contributed by atoms with Crippen LogP contribution in [-0.2, 0) is 0 Å². The highest BCUT2D eigenvalue weighted by atomic mass is 16.5. The standard InChI is InChI=1S/C25H34N2O3/c1-19(2)30-23-14-10-21(11-15-23)25(28)26-18-24(27-16-6-4-5-7-17-27)20-8-12-22(29-3)13-9-20/h8-15,19,24H,4-7,16-18H2,1-3H3,(H,26,28). The monoisotopic (exact) mass is 410 g/mol. The van der Waals surface area contributed by atoms with Crippen LogP contribution in [0.25, 0.3) is 0 Å². The molecule has 0 bridgehead atoms. The molecule has 0 radical (unpaired) electrons. The molecule has 30 heavy (non-hydrogen) atoms. The Balaban J connectivity index is 1.69. The van der Waals surface area contributed by atoms with Crippen LogP contribution in [0.4, 0.5) is 0 Å². The van der Waals surface area contributed by atoms with Crippen molar-refractivity contribution in [2.75, 3.05) is 26.7 Å². The highest BCUT2D eigenvalue weighted by Crippen LogP contribution is 2.26. The molecule has 5 nitrogen and oxygen atoms in total. The summed E-state index contributed by atoms with van der Waals surface area (Å²) in [5.41, 5.74) is 1.86. The molecule has 1 fully saturated rings. The predicted octanol–water partition coefficient (Wildman–Crippen LogP) is 4.83. The number of carbonyl (C=O) groups excluding carboxylic acids is 1. The van der Waals surface area contributed by atoms with Gasteiger partial charge < -0.3 is 14.8 Å². The normalized spacial score (nSPS) is 16.0. The van der Waals surface area contributed by atoms with E-state index in [0.717, 1.165) is 24.6 Å². The lowest BCUT2D eigenvalue weighted by Gasteiger charge is -2.31. The fourth-order valence-corrected chi connectivity index (χ4v) is 3.94. The van der Waals surface area contributed by atoms with Gasteiger partial charge in [-0.2, -0.15) is 0 Å². The maximum absolute atomic E-state index is 12.8. The average Bonchev–Trinajstić information content (AvgIpc) is 3.04. The molecule has 0 aromatic heterocycles. The van der Waals surface area contributed by atoms with Crippen LogP contribution in [0.3, 0.4) is 0 Å². The number of benzene rings is 2. The third-order valence-electron chi connectivity index (χ3n) is 5.53. The van der Waals surface area contributed by atoms with Crippen LogP contribution < -0.4 is 14.8 Å². The largest absolute Gasteiger partial charge is 0.497 e. The number of amides is 1. The molecule has 1 atom stereocenters. The lowest BCUT2D eigenvalue weighted by molar-refractivity contribution is 0.0933. The first-order chi connectivity index (χ1) is 14.6. The smallest absolute Gasteiger partial charge is 0.251 e. The molecule has 1 heterocycles. The number of carbonyl (C=O) groups is 1. The Morgan fingerprint density at radius 1 is 0.933 bits per heavy atom. The number of likely N-dealkylation sites (tertiary alicyclic amines) is 1. The van der Waals surface area contributed by atoms with Gasteiger partial charge in [-0.15, -0.1) is 0 Å². The Labute approximate surface area is 180 Å². The number of ether oxygens (including phenoxy) is 2. The SMILES string of the molecule is COc1ccc(C(CNC(=O)c2ccc(OC(C)C)cc2)N2CCCCCC2)cc1. The van der Waals surface area contributed by atoms with E-state index in [4.69, 9.17) is 9.47 Å². The Bertz CT molecular complexity index is 779. The average molecular weight is 411 g/mol. The number of hydrogen-bond acceptors (Lipinski definition) is 4. The maximum Gasteiger partial charge on any atom is 0.251 e. The van der Waals surface area contributed by atoms with Crippen molar-refractivity contribution in [1.29, 1.82) is 0 Å². The van der Waals surface area contributed by atoms with Gasteiger partial charge in [-0.3, -0.25) is 9.69 Å². The first-order valence-corrected chi connectivity index (χ1v) is 11.0. The molecule has 0 aliphatic carbocycles. The zero-order valence-electron chi connectivity index (χ0n) is 18.4. The number of rotatable bonds is 8. The van der Waals surface area contributed by atoms with Crippen LogP contribution in [0, 0.1) is 0 Å². The lowest BCUT2D eigenvalue weighted by Crippen LogP contribution is -2.38. The van der Waals surface area contributed by atoms with Crippen LogP contribution in [0.2, 0.25) is 0 Å². The summed E-state index contributed by atoms with van der Waals surface area (Å²) >= 11 is 0. The molecule has 0 spiro atoms. The molecule has 162 valence electrons. The zero-order valence-corrected chi connectivity index (χ0v) is 18.4. The Hall–Kier alpha value is -2.53. The Morgan fingerprint density at radius 2 is 1.53 bits per heavy atom. The van der Waals surface area contributed by atoms with Crippen LogP contribution in [0.5, 0.6) is 11.5 Å². The number of nitrogens with one attached hydrogen (secondary N) is 1. The predicted molar refractivity (Wildman–Crippen MR) is 120 cm³/mol. The van der Waals surface area contributed by atoms with Crippen molar-refractivity contribution in [3.63, 3.8) is 0 Å². The highest BCUT2D eigenvalue weighted by Gasteiger charge is 2.22. The van der Waals surface area contributed by atoms with E-state index in [9.17, 15) is 4.79 Å². The lowest BCUT2D eigenvalue weighted by atomic mass is 10.0. The summed E-state index contributed by atoms with van der Waals surface area (Å²) in [7, 11) is 1.68. The summed E-state index contributed by atoms with van der Waals surface area (Å²) in [5, 5.41) is 3.15. The summed E-state index contributed by atoms with van der Waals surface area (Å²) < 4.78 is 11.0. The number of nitrogens with zero attached hydrogens (tertiary/aromatic N) is 1. The van der Waals surface area contributed by atoms with Gasteiger partial charge in [-0.25, -0.2) is 0 Å². The van der Waals surface area contributed by atoms with E-state index in [2.05, 4.69) is 22.3 Å². The van der Waals surface area contributed by atoms with Gasteiger partial charge in [0.15, 0.2) is 0 Å². The summed E-state index contributed by atoms with van der Waals surface area (Å²) in [6.07, 6.45) is 5.09. The van der Waals surface area contributed by atoms with Gasteiger partial charge in [-0.1, -0.05) is 25.0 Å². The highest BCUT2D eigenvalue weighted by molar-refractivity contribution is 5.94. The van der Waals surface area contributed by atoms with E-state index < -0.39 is 0 Å². The van der Waals surface area contributed by atoms with Crippen LogP contribution in [-0.4, -0.2) is 43.7 Å². The molecule has 2 aromatic rings. The summed E-state index contributed by atoms with van der Waals surface area (Å²) in [6, 6.07) is 15.7. The van der Waals surface area contributed by atoms with Crippen molar-refractivity contribution in [3.05, 3.63) is 59.7 Å². The van der Waals surface area contributed by atoms with E-state index in [1.54, 1.807) is 7.11 Å². The molecule has 3 rings (SSSR count). The molecule has 1 unspecified atom stereocenters. The molecule has 1 aliphatic rings. The molecule has 1 aliphatic heterocycles. The Morgan fingerprint density at radius 3 is 2.10 bits per heavy atom. The number of hydrogen-bond donors (Lipinski definition) is 1. The second-order valence-corrected chi connectivity index (χ2v) is 8.14.